The third kappa shape index (κ3) is 2.85. The smallest absolute Gasteiger partial charge is 0.270 e. The molecule has 130 valence electrons. The number of aromatic amines is 1. The molecule has 1 aliphatic rings. The van der Waals surface area contributed by atoms with Gasteiger partial charge in [-0.05, 0) is 24.6 Å². The summed E-state index contributed by atoms with van der Waals surface area (Å²) >= 11 is 0. The van der Waals surface area contributed by atoms with Crippen molar-refractivity contribution >= 4 is 16.8 Å². The van der Waals surface area contributed by atoms with Crippen LogP contribution in [0.25, 0.3) is 10.9 Å². The quantitative estimate of drug-likeness (QED) is 0.909. The van der Waals surface area contributed by atoms with Crippen LogP contribution in [0.1, 0.15) is 16.9 Å². The van der Waals surface area contributed by atoms with Gasteiger partial charge < -0.3 is 24.1 Å². The van der Waals surface area contributed by atoms with E-state index in [1.807, 2.05) is 0 Å². The molecule has 7 heteroatoms. The zero-order chi connectivity index (χ0) is 17.3. The lowest BCUT2D eigenvalue weighted by atomic mass is 10.2. The van der Waals surface area contributed by atoms with E-state index in [0.29, 0.717) is 36.4 Å². The van der Waals surface area contributed by atoms with E-state index >= 15 is 0 Å². The largest absolute Gasteiger partial charge is 0.496 e. The van der Waals surface area contributed by atoms with Crippen LogP contribution in [0.3, 0.4) is 0 Å². The van der Waals surface area contributed by atoms with Gasteiger partial charge in [0.2, 0.25) is 0 Å². The second kappa shape index (κ2) is 6.78. The summed E-state index contributed by atoms with van der Waals surface area (Å²) in [5.41, 5.74) is 0.592. The molecule has 2 heterocycles. The van der Waals surface area contributed by atoms with E-state index in [1.54, 1.807) is 31.3 Å². The number of carbonyl (C=O) groups is 1. The molecule has 0 unspecified atom stereocenters. The predicted octanol–water partition coefficient (Wildman–Crippen LogP) is 2.19. The summed E-state index contributed by atoms with van der Waals surface area (Å²) in [6.45, 7) is 0.919. The molecule has 0 saturated carbocycles. The molecule has 2 atom stereocenters. The number of benzene rings is 1. The van der Waals surface area contributed by atoms with Crippen LogP contribution in [0, 0.1) is 5.82 Å². The van der Waals surface area contributed by atoms with E-state index < -0.39 is 5.82 Å². The Balaban J connectivity index is 1.94. The maximum Gasteiger partial charge on any atom is 0.270 e. The van der Waals surface area contributed by atoms with Gasteiger partial charge in [0.15, 0.2) is 0 Å². The van der Waals surface area contributed by atoms with Gasteiger partial charge in [-0.3, -0.25) is 4.79 Å². The van der Waals surface area contributed by atoms with Crippen molar-refractivity contribution in [3.05, 3.63) is 29.7 Å². The van der Waals surface area contributed by atoms with Crippen molar-refractivity contribution in [3.63, 3.8) is 0 Å². The number of aromatic nitrogens is 1. The minimum Gasteiger partial charge on any atom is -0.496 e. The van der Waals surface area contributed by atoms with Gasteiger partial charge in [0.25, 0.3) is 5.91 Å². The molecule has 1 aliphatic heterocycles. The van der Waals surface area contributed by atoms with Crippen LogP contribution in [-0.4, -0.2) is 62.4 Å². The monoisotopic (exact) mass is 336 g/mol. The lowest BCUT2D eigenvalue weighted by Gasteiger charge is -2.23. The molecule has 0 aliphatic carbocycles. The summed E-state index contributed by atoms with van der Waals surface area (Å²) in [4.78, 5) is 17.5. The number of rotatable bonds is 5. The van der Waals surface area contributed by atoms with Crippen LogP contribution in [0.15, 0.2) is 18.2 Å². The zero-order valence-corrected chi connectivity index (χ0v) is 14.0. The van der Waals surface area contributed by atoms with Crippen molar-refractivity contribution in [3.8, 4) is 5.75 Å². The van der Waals surface area contributed by atoms with Gasteiger partial charge in [-0.15, -0.1) is 0 Å². The standard InChI is InChI=1S/C17H21FN2O4/c1-22-9-10-6-11(23-2)8-20(10)17(21)14-7-12-15(24-3)5-4-13(18)16(12)19-14/h4-5,7,10-11,19H,6,8-9H2,1-3H3/t10-,11+/m0/s1. The van der Waals surface area contributed by atoms with E-state index in [-0.39, 0.29) is 23.6 Å². The fourth-order valence-corrected chi connectivity index (χ4v) is 3.25. The van der Waals surface area contributed by atoms with E-state index in [9.17, 15) is 9.18 Å². The molecule has 1 aromatic heterocycles. The topological polar surface area (TPSA) is 63.8 Å². The number of nitrogens with zero attached hydrogens (tertiary/aromatic N) is 1. The molecule has 1 saturated heterocycles. The molecule has 24 heavy (non-hydrogen) atoms. The Bertz CT molecular complexity index is 746. The van der Waals surface area contributed by atoms with Crippen LogP contribution < -0.4 is 4.74 Å². The Morgan fingerprint density at radius 2 is 2.17 bits per heavy atom. The molecule has 2 aromatic rings. The van der Waals surface area contributed by atoms with E-state index in [2.05, 4.69) is 4.98 Å². The number of ether oxygens (including phenoxy) is 3. The Labute approximate surface area is 139 Å². The minimum atomic E-state index is -0.422. The molecule has 1 fully saturated rings. The fourth-order valence-electron chi connectivity index (χ4n) is 3.25. The predicted molar refractivity (Wildman–Crippen MR) is 86.9 cm³/mol. The SMILES string of the molecule is COC[C@@H]1C[C@@H](OC)CN1C(=O)c1cc2c(OC)ccc(F)c2[nH]1. The second-order valence-electron chi connectivity index (χ2n) is 5.88. The Morgan fingerprint density at radius 3 is 2.83 bits per heavy atom. The van der Waals surface area contributed by atoms with Crippen LogP contribution in [0.5, 0.6) is 5.75 Å². The first-order valence-corrected chi connectivity index (χ1v) is 7.77. The zero-order valence-electron chi connectivity index (χ0n) is 14.0. The van der Waals surface area contributed by atoms with Crippen molar-refractivity contribution in [2.24, 2.45) is 0 Å². The summed E-state index contributed by atoms with van der Waals surface area (Å²) in [7, 11) is 4.75. The lowest BCUT2D eigenvalue weighted by Crippen LogP contribution is -2.38. The molecule has 0 spiro atoms. The molecular weight excluding hydrogens is 315 g/mol. The maximum atomic E-state index is 14.0. The molecule has 0 bridgehead atoms. The van der Waals surface area contributed by atoms with Gasteiger partial charge in [0.1, 0.15) is 17.3 Å². The van der Waals surface area contributed by atoms with Crippen molar-refractivity contribution < 1.29 is 23.4 Å². The van der Waals surface area contributed by atoms with Gasteiger partial charge in [-0.25, -0.2) is 4.39 Å². The highest BCUT2D eigenvalue weighted by Crippen LogP contribution is 2.30. The Hall–Kier alpha value is -2.12. The van der Waals surface area contributed by atoms with Gasteiger partial charge in [-0.1, -0.05) is 0 Å². The number of H-pyrrole nitrogens is 1. The van der Waals surface area contributed by atoms with Crippen LogP contribution >= 0.6 is 0 Å². The van der Waals surface area contributed by atoms with Crippen molar-refractivity contribution in [1.82, 2.24) is 9.88 Å². The normalized spacial score (nSPS) is 20.8. The lowest BCUT2D eigenvalue weighted by molar-refractivity contribution is 0.0607. The van der Waals surface area contributed by atoms with E-state index in [1.165, 1.54) is 13.2 Å². The average Bonchev–Trinajstić information content (AvgIpc) is 3.20. The molecule has 1 aromatic carbocycles. The van der Waals surface area contributed by atoms with Crippen molar-refractivity contribution in [1.29, 1.82) is 0 Å². The van der Waals surface area contributed by atoms with E-state index in [0.717, 1.165) is 0 Å². The third-order valence-corrected chi connectivity index (χ3v) is 4.48. The molecule has 6 nitrogen and oxygen atoms in total. The molecule has 1 N–H and O–H groups in total. The minimum absolute atomic E-state index is 0.0234. The van der Waals surface area contributed by atoms with E-state index in [4.69, 9.17) is 14.2 Å². The summed E-state index contributed by atoms with van der Waals surface area (Å²) in [6, 6.07) is 4.43. The number of fused-ring (bicyclic) bond motifs is 1. The highest BCUT2D eigenvalue weighted by molar-refractivity contribution is 6.00. The number of carbonyl (C=O) groups excluding carboxylic acids is 1. The van der Waals surface area contributed by atoms with Crippen LogP contribution in [-0.2, 0) is 9.47 Å². The fraction of sp³-hybridized carbons (Fsp3) is 0.471. The van der Waals surface area contributed by atoms with Gasteiger partial charge >= 0.3 is 0 Å². The molecule has 1 amide bonds. The first-order chi connectivity index (χ1) is 11.6. The summed E-state index contributed by atoms with van der Waals surface area (Å²) in [5.74, 6) is -0.102. The molecule has 3 rings (SSSR count). The molecule has 0 radical (unpaired) electrons. The first-order valence-electron chi connectivity index (χ1n) is 7.77. The third-order valence-electron chi connectivity index (χ3n) is 4.48. The summed E-state index contributed by atoms with van der Waals surface area (Å²) < 4.78 is 29.9. The summed E-state index contributed by atoms with van der Waals surface area (Å²) in [5, 5.41) is 0.548. The molecular formula is C17H21FN2O4. The number of halogens is 1. The second-order valence-corrected chi connectivity index (χ2v) is 5.88. The number of methoxy groups -OCH3 is 3. The Kier molecular flexibility index (Phi) is 4.73. The number of amides is 1. The van der Waals surface area contributed by atoms with Crippen molar-refractivity contribution in [2.45, 2.75) is 18.6 Å². The first kappa shape index (κ1) is 16.7. The van der Waals surface area contributed by atoms with Gasteiger partial charge in [0, 0.05) is 26.2 Å². The number of hydrogen-bond donors (Lipinski definition) is 1. The van der Waals surface area contributed by atoms with Gasteiger partial charge in [0.05, 0.1) is 31.4 Å². The number of nitrogens with one attached hydrogen (secondary N) is 1. The highest BCUT2D eigenvalue weighted by Gasteiger charge is 2.36. The number of likely N-dealkylation sites (tertiary alicyclic amines) is 1. The maximum absolute atomic E-state index is 14.0. The van der Waals surface area contributed by atoms with Crippen molar-refractivity contribution in [2.75, 3.05) is 34.5 Å². The van der Waals surface area contributed by atoms with Gasteiger partial charge in [-0.2, -0.15) is 0 Å². The van der Waals surface area contributed by atoms with Crippen LogP contribution in [0.2, 0.25) is 0 Å². The average molecular weight is 336 g/mol. The Morgan fingerprint density at radius 1 is 1.38 bits per heavy atom. The number of hydrogen-bond acceptors (Lipinski definition) is 4. The summed E-state index contributed by atoms with van der Waals surface area (Å²) in [6.07, 6.45) is 0.693. The van der Waals surface area contributed by atoms with Crippen LogP contribution in [0.4, 0.5) is 4.39 Å². The highest BCUT2D eigenvalue weighted by atomic mass is 19.1.